The van der Waals surface area contributed by atoms with Gasteiger partial charge in [-0.2, -0.15) is 0 Å². The molecule has 184 valence electrons. The van der Waals surface area contributed by atoms with Crippen molar-refractivity contribution in [2.45, 2.75) is 19.6 Å². The predicted octanol–water partition coefficient (Wildman–Crippen LogP) is 5.00. The van der Waals surface area contributed by atoms with Gasteiger partial charge in [-0.05, 0) is 42.3 Å². The molecule has 1 aliphatic heterocycles. The standard InChI is InChI=1S/C28H30F2N2O3/c1-20-9-11-21(12-10-20)19-35-26(22-5-3-6-23(17-22)34-2)18-31-13-15-32(16-14-31)28(33)24-7-4-8-25(29)27(24)30/h3-12,17,26H,13-16,18-19H2,1-2H3/t26-/m0/s1. The molecule has 1 atom stereocenters. The molecule has 5 nitrogen and oxygen atoms in total. The number of hydrogen-bond donors (Lipinski definition) is 0. The number of rotatable bonds is 8. The summed E-state index contributed by atoms with van der Waals surface area (Å²) < 4.78 is 39.4. The highest BCUT2D eigenvalue weighted by atomic mass is 19.2. The Labute approximate surface area is 204 Å². The molecule has 0 unspecified atom stereocenters. The van der Waals surface area contributed by atoms with Crippen LogP contribution in [0, 0.1) is 18.6 Å². The van der Waals surface area contributed by atoms with Crippen LogP contribution in [0.1, 0.15) is 33.2 Å². The van der Waals surface area contributed by atoms with Gasteiger partial charge in [0.15, 0.2) is 11.6 Å². The summed E-state index contributed by atoms with van der Waals surface area (Å²) in [7, 11) is 1.64. The second kappa shape index (κ2) is 11.4. The average Bonchev–Trinajstić information content (AvgIpc) is 2.89. The van der Waals surface area contributed by atoms with Crippen LogP contribution >= 0.6 is 0 Å². The molecule has 0 radical (unpaired) electrons. The number of ether oxygens (including phenoxy) is 2. The smallest absolute Gasteiger partial charge is 0.257 e. The van der Waals surface area contributed by atoms with Gasteiger partial charge in [-0.15, -0.1) is 0 Å². The fraction of sp³-hybridized carbons (Fsp3) is 0.321. The number of methoxy groups -OCH3 is 1. The topological polar surface area (TPSA) is 42.0 Å². The quantitative estimate of drug-likeness (QED) is 0.455. The van der Waals surface area contributed by atoms with Crippen molar-refractivity contribution in [2.24, 2.45) is 0 Å². The van der Waals surface area contributed by atoms with Crippen LogP contribution in [0.5, 0.6) is 5.75 Å². The van der Waals surface area contributed by atoms with Gasteiger partial charge in [-0.25, -0.2) is 8.78 Å². The molecule has 1 saturated heterocycles. The number of aryl methyl sites for hydroxylation is 1. The summed E-state index contributed by atoms with van der Waals surface area (Å²) >= 11 is 0. The van der Waals surface area contributed by atoms with E-state index in [1.807, 2.05) is 24.3 Å². The number of carbonyl (C=O) groups is 1. The third-order valence-electron chi connectivity index (χ3n) is 6.30. The lowest BCUT2D eigenvalue weighted by molar-refractivity contribution is 0.00328. The van der Waals surface area contributed by atoms with E-state index in [1.165, 1.54) is 17.7 Å². The van der Waals surface area contributed by atoms with Crippen LogP contribution in [0.3, 0.4) is 0 Å². The minimum absolute atomic E-state index is 0.200. The fourth-order valence-electron chi connectivity index (χ4n) is 4.18. The van der Waals surface area contributed by atoms with E-state index in [0.29, 0.717) is 39.3 Å². The lowest BCUT2D eigenvalue weighted by Gasteiger charge is -2.36. The molecular formula is C28H30F2N2O3. The van der Waals surface area contributed by atoms with Crippen molar-refractivity contribution < 1.29 is 23.0 Å². The van der Waals surface area contributed by atoms with Gasteiger partial charge in [-0.1, -0.05) is 48.0 Å². The maximum Gasteiger partial charge on any atom is 0.257 e. The van der Waals surface area contributed by atoms with Crippen molar-refractivity contribution in [3.63, 3.8) is 0 Å². The van der Waals surface area contributed by atoms with Gasteiger partial charge >= 0.3 is 0 Å². The van der Waals surface area contributed by atoms with Crippen molar-refractivity contribution >= 4 is 5.91 Å². The molecule has 0 bridgehead atoms. The first kappa shape index (κ1) is 24.8. The van der Waals surface area contributed by atoms with Gasteiger partial charge in [0.1, 0.15) is 5.75 Å². The highest BCUT2D eigenvalue weighted by molar-refractivity contribution is 5.94. The summed E-state index contributed by atoms with van der Waals surface area (Å²) in [4.78, 5) is 16.5. The van der Waals surface area contributed by atoms with Crippen LogP contribution in [-0.4, -0.2) is 55.5 Å². The fourth-order valence-corrected chi connectivity index (χ4v) is 4.18. The van der Waals surface area contributed by atoms with E-state index in [1.54, 1.807) is 12.0 Å². The van der Waals surface area contributed by atoms with Gasteiger partial charge in [0, 0.05) is 32.7 Å². The van der Waals surface area contributed by atoms with E-state index >= 15 is 0 Å². The van der Waals surface area contributed by atoms with Crippen molar-refractivity contribution in [1.29, 1.82) is 0 Å². The normalized spacial score (nSPS) is 15.1. The lowest BCUT2D eigenvalue weighted by atomic mass is 10.1. The summed E-state index contributed by atoms with van der Waals surface area (Å²) in [6, 6.07) is 19.8. The minimum Gasteiger partial charge on any atom is -0.497 e. The molecule has 0 N–H and O–H groups in total. The van der Waals surface area contributed by atoms with E-state index in [2.05, 4.69) is 36.1 Å². The molecule has 35 heavy (non-hydrogen) atoms. The van der Waals surface area contributed by atoms with Crippen LogP contribution in [0.15, 0.2) is 66.7 Å². The zero-order chi connectivity index (χ0) is 24.8. The van der Waals surface area contributed by atoms with E-state index in [4.69, 9.17) is 9.47 Å². The van der Waals surface area contributed by atoms with Crippen LogP contribution in [0.2, 0.25) is 0 Å². The van der Waals surface area contributed by atoms with Gasteiger partial charge in [-0.3, -0.25) is 9.69 Å². The number of nitrogens with zero attached hydrogens (tertiary/aromatic N) is 2. The number of amides is 1. The number of halogens is 2. The Balaban J connectivity index is 1.41. The SMILES string of the molecule is COc1cccc([C@H](CN2CCN(C(=O)c3cccc(F)c3F)CC2)OCc2ccc(C)cc2)c1. The van der Waals surface area contributed by atoms with Crippen LogP contribution < -0.4 is 4.74 Å². The van der Waals surface area contributed by atoms with Crippen molar-refractivity contribution in [3.05, 3.63) is 101 Å². The molecule has 4 rings (SSSR count). The molecule has 7 heteroatoms. The molecular weight excluding hydrogens is 450 g/mol. The third-order valence-corrected chi connectivity index (χ3v) is 6.30. The van der Waals surface area contributed by atoms with Crippen LogP contribution in [-0.2, 0) is 11.3 Å². The van der Waals surface area contributed by atoms with Gasteiger partial charge in [0.05, 0.1) is 25.4 Å². The molecule has 3 aromatic carbocycles. The van der Waals surface area contributed by atoms with Crippen LogP contribution in [0.4, 0.5) is 8.78 Å². The van der Waals surface area contributed by atoms with E-state index in [-0.39, 0.29) is 11.7 Å². The van der Waals surface area contributed by atoms with Crippen LogP contribution in [0.25, 0.3) is 0 Å². The first-order chi connectivity index (χ1) is 16.9. The second-order valence-corrected chi connectivity index (χ2v) is 8.76. The number of carbonyl (C=O) groups excluding carboxylic acids is 1. The van der Waals surface area contributed by atoms with Gasteiger partial charge in [0.25, 0.3) is 5.91 Å². The Hall–Kier alpha value is -3.29. The average molecular weight is 481 g/mol. The highest BCUT2D eigenvalue weighted by Crippen LogP contribution is 2.25. The Bertz CT molecular complexity index is 1150. The summed E-state index contributed by atoms with van der Waals surface area (Å²) in [6.07, 6.45) is -0.200. The minimum atomic E-state index is -1.09. The largest absolute Gasteiger partial charge is 0.497 e. The van der Waals surface area contributed by atoms with Crippen molar-refractivity contribution in [1.82, 2.24) is 9.80 Å². The summed E-state index contributed by atoms with van der Waals surface area (Å²) in [5.41, 5.74) is 3.07. The summed E-state index contributed by atoms with van der Waals surface area (Å²) in [5, 5.41) is 0. The Morgan fingerprint density at radius 1 is 0.971 bits per heavy atom. The van der Waals surface area contributed by atoms with Crippen molar-refractivity contribution in [2.75, 3.05) is 39.8 Å². The highest BCUT2D eigenvalue weighted by Gasteiger charge is 2.27. The number of piperazine rings is 1. The Morgan fingerprint density at radius 2 is 1.69 bits per heavy atom. The van der Waals surface area contributed by atoms with E-state index in [9.17, 15) is 13.6 Å². The number of hydrogen-bond acceptors (Lipinski definition) is 4. The second-order valence-electron chi connectivity index (χ2n) is 8.76. The van der Waals surface area contributed by atoms with E-state index < -0.39 is 17.5 Å². The monoisotopic (exact) mass is 480 g/mol. The summed E-state index contributed by atoms with van der Waals surface area (Å²) in [5.74, 6) is -1.83. The Kier molecular flexibility index (Phi) is 8.10. The van der Waals surface area contributed by atoms with Gasteiger partial charge in [0.2, 0.25) is 0 Å². The molecule has 1 amide bonds. The Morgan fingerprint density at radius 3 is 2.40 bits per heavy atom. The first-order valence-electron chi connectivity index (χ1n) is 11.7. The molecule has 0 aliphatic carbocycles. The molecule has 1 heterocycles. The predicted molar refractivity (Wildman–Crippen MR) is 130 cm³/mol. The van der Waals surface area contributed by atoms with E-state index in [0.717, 1.165) is 22.9 Å². The van der Waals surface area contributed by atoms with Crippen molar-refractivity contribution in [3.8, 4) is 5.75 Å². The third kappa shape index (κ3) is 6.24. The molecule has 3 aromatic rings. The zero-order valence-corrected chi connectivity index (χ0v) is 20.0. The molecule has 0 aromatic heterocycles. The number of benzene rings is 3. The molecule has 1 fully saturated rings. The molecule has 0 saturated carbocycles. The summed E-state index contributed by atoms with van der Waals surface area (Å²) in [6.45, 7) is 5.23. The first-order valence-corrected chi connectivity index (χ1v) is 11.7. The lowest BCUT2D eigenvalue weighted by Crippen LogP contribution is -2.49. The maximum atomic E-state index is 14.1. The zero-order valence-electron chi connectivity index (χ0n) is 20.0. The molecule has 1 aliphatic rings. The van der Waals surface area contributed by atoms with Gasteiger partial charge < -0.3 is 14.4 Å². The maximum absolute atomic E-state index is 14.1. The molecule has 0 spiro atoms.